The summed E-state index contributed by atoms with van der Waals surface area (Å²) in [5.74, 6) is 0.948. The highest BCUT2D eigenvalue weighted by Crippen LogP contribution is 2.28. The number of carbonyl (C=O) groups is 1. The van der Waals surface area contributed by atoms with Crippen molar-refractivity contribution in [3.63, 3.8) is 0 Å². The van der Waals surface area contributed by atoms with Gasteiger partial charge in [-0.25, -0.2) is 13.1 Å². The van der Waals surface area contributed by atoms with Gasteiger partial charge >= 0.3 is 0 Å². The van der Waals surface area contributed by atoms with Crippen LogP contribution in [0.2, 0.25) is 5.02 Å². The Morgan fingerprint density at radius 1 is 1.03 bits per heavy atom. The molecule has 11 heteroatoms. The lowest BCUT2D eigenvalue weighted by atomic mass is 10.1. The summed E-state index contributed by atoms with van der Waals surface area (Å²) in [6.45, 7) is 0.235. The smallest absolute Gasteiger partial charge is 0.258 e. The largest absolute Gasteiger partial charge is 0.496 e. The number of hydrogen-bond acceptors (Lipinski definition) is 7. The third-order valence-electron chi connectivity index (χ3n) is 4.16. The molecule has 0 spiro atoms. The molecule has 2 rings (SSSR count). The second kappa shape index (κ2) is 11.8. The van der Waals surface area contributed by atoms with E-state index in [9.17, 15) is 13.2 Å². The van der Waals surface area contributed by atoms with E-state index in [0.717, 1.165) is 0 Å². The Kier molecular flexibility index (Phi) is 9.38. The number of amides is 1. The van der Waals surface area contributed by atoms with Gasteiger partial charge in [0, 0.05) is 13.7 Å². The van der Waals surface area contributed by atoms with E-state index in [2.05, 4.69) is 10.0 Å². The Morgan fingerprint density at radius 2 is 1.71 bits per heavy atom. The zero-order valence-corrected chi connectivity index (χ0v) is 19.0. The van der Waals surface area contributed by atoms with Gasteiger partial charge in [0.1, 0.15) is 17.2 Å². The zero-order chi connectivity index (χ0) is 22.9. The maximum absolute atomic E-state index is 12.2. The lowest BCUT2D eigenvalue weighted by Crippen LogP contribution is -2.29. The average molecular weight is 473 g/mol. The summed E-state index contributed by atoms with van der Waals surface area (Å²) in [6.07, 6.45) is 0. The third kappa shape index (κ3) is 7.00. The Hall–Kier alpha value is -2.53. The Morgan fingerprint density at radius 3 is 2.29 bits per heavy atom. The lowest BCUT2D eigenvalue weighted by Gasteiger charge is -2.14. The molecular weight excluding hydrogens is 448 g/mol. The molecule has 0 unspecified atom stereocenters. The molecule has 0 radical (unpaired) electrons. The van der Waals surface area contributed by atoms with Crippen molar-refractivity contribution in [3.05, 3.63) is 47.0 Å². The van der Waals surface area contributed by atoms with Crippen LogP contribution in [0.15, 0.2) is 41.3 Å². The number of nitrogens with one attached hydrogen (secondary N) is 2. The van der Waals surface area contributed by atoms with Gasteiger partial charge in [-0.2, -0.15) is 0 Å². The Labute approximate surface area is 186 Å². The van der Waals surface area contributed by atoms with Crippen LogP contribution < -0.4 is 24.2 Å². The number of methoxy groups -OCH3 is 3. The summed E-state index contributed by atoms with van der Waals surface area (Å²) < 4.78 is 47.6. The molecule has 2 aromatic carbocycles. The van der Waals surface area contributed by atoms with Gasteiger partial charge in [-0.15, -0.1) is 0 Å². The minimum atomic E-state index is -3.73. The molecule has 0 aromatic heterocycles. The molecular formula is C20H25ClN2O7S. The molecule has 0 atom stereocenters. The van der Waals surface area contributed by atoms with Gasteiger partial charge in [0.05, 0.1) is 42.9 Å². The quantitative estimate of drug-likeness (QED) is 0.454. The van der Waals surface area contributed by atoms with Crippen LogP contribution in [-0.4, -0.2) is 55.4 Å². The summed E-state index contributed by atoms with van der Waals surface area (Å²) in [7, 11) is 0.804. The fraction of sp³-hybridized carbons (Fsp3) is 0.350. The van der Waals surface area contributed by atoms with E-state index in [4.69, 9.17) is 30.5 Å². The third-order valence-corrected chi connectivity index (χ3v) is 5.92. The van der Waals surface area contributed by atoms with Crippen molar-refractivity contribution < 1.29 is 32.2 Å². The van der Waals surface area contributed by atoms with Gasteiger partial charge in [0.15, 0.2) is 6.61 Å². The van der Waals surface area contributed by atoms with Crippen molar-refractivity contribution in [1.29, 1.82) is 0 Å². The molecule has 9 nitrogen and oxygen atoms in total. The highest BCUT2D eigenvalue weighted by atomic mass is 35.5. The van der Waals surface area contributed by atoms with E-state index in [1.807, 2.05) is 0 Å². The molecule has 2 N–H and O–H groups in total. The number of sulfonamides is 1. The SMILES string of the molecule is COCCNS(=O)(=O)c1ccc(OCC(=O)NCc2c(OC)cccc2OC)c(Cl)c1. The van der Waals surface area contributed by atoms with Crippen LogP contribution in [0.3, 0.4) is 0 Å². The fourth-order valence-electron chi connectivity index (χ4n) is 2.61. The molecule has 0 aliphatic rings. The molecule has 0 aliphatic carbocycles. The van der Waals surface area contributed by atoms with E-state index in [0.29, 0.717) is 17.1 Å². The average Bonchev–Trinajstić information content (AvgIpc) is 2.76. The number of hydrogen-bond donors (Lipinski definition) is 2. The monoisotopic (exact) mass is 472 g/mol. The maximum Gasteiger partial charge on any atom is 0.258 e. The number of ether oxygens (including phenoxy) is 4. The summed E-state index contributed by atoms with van der Waals surface area (Å²) >= 11 is 6.13. The lowest BCUT2D eigenvalue weighted by molar-refractivity contribution is -0.123. The fourth-order valence-corrected chi connectivity index (χ4v) is 3.95. The Balaban J connectivity index is 1.96. The first-order valence-electron chi connectivity index (χ1n) is 9.20. The zero-order valence-electron chi connectivity index (χ0n) is 17.4. The highest BCUT2D eigenvalue weighted by molar-refractivity contribution is 7.89. The van der Waals surface area contributed by atoms with Crippen molar-refractivity contribution in [2.45, 2.75) is 11.4 Å². The van der Waals surface area contributed by atoms with Crippen molar-refractivity contribution >= 4 is 27.5 Å². The second-order valence-corrected chi connectivity index (χ2v) is 8.36. The minimum Gasteiger partial charge on any atom is -0.496 e. The second-order valence-electron chi connectivity index (χ2n) is 6.19. The number of carbonyl (C=O) groups excluding carboxylic acids is 1. The van der Waals surface area contributed by atoms with Crippen molar-refractivity contribution in [2.75, 3.05) is 41.1 Å². The van der Waals surface area contributed by atoms with Crippen LogP contribution in [0.25, 0.3) is 0 Å². The van der Waals surface area contributed by atoms with Crippen LogP contribution >= 0.6 is 11.6 Å². The van der Waals surface area contributed by atoms with Crippen LogP contribution in [0, 0.1) is 0 Å². The summed E-state index contributed by atoms with van der Waals surface area (Å²) in [6, 6.07) is 9.30. The molecule has 170 valence electrons. The molecule has 0 heterocycles. The first-order valence-corrected chi connectivity index (χ1v) is 11.1. The van der Waals surface area contributed by atoms with Crippen molar-refractivity contribution in [3.8, 4) is 17.2 Å². The molecule has 0 saturated carbocycles. The van der Waals surface area contributed by atoms with Crippen molar-refractivity contribution in [2.24, 2.45) is 0 Å². The maximum atomic E-state index is 12.2. The normalized spacial score (nSPS) is 11.1. The van der Waals surface area contributed by atoms with Gasteiger partial charge in [-0.1, -0.05) is 17.7 Å². The van der Waals surface area contributed by atoms with E-state index in [1.165, 1.54) is 39.5 Å². The number of rotatable bonds is 12. The molecule has 31 heavy (non-hydrogen) atoms. The van der Waals surface area contributed by atoms with Crippen LogP contribution in [0.5, 0.6) is 17.2 Å². The van der Waals surface area contributed by atoms with E-state index in [-0.39, 0.29) is 42.0 Å². The van der Waals surface area contributed by atoms with Gasteiger partial charge in [0.25, 0.3) is 5.91 Å². The van der Waals surface area contributed by atoms with E-state index in [1.54, 1.807) is 18.2 Å². The standard InChI is InChI=1S/C20H25ClN2O7S/c1-27-10-9-23-31(25,26)14-7-8-19(16(21)11-14)30-13-20(24)22-12-15-17(28-2)5-4-6-18(15)29-3/h4-8,11,23H,9-10,12-13H2,1-3H3,(H,22,24). The van der Waals surface area contributed by atoms with Gasteiger partial charge < -0.3 is 24.3 Å². The topological polar surface area (TPSA) is 112 Å². The first kappa shape index (κ1) is 24.7. The molecule has 0 bridgehead atoms. The van der Waals surface area contributed by atoms with Crippen molar-refractivity contribution in [1.82, 2.24) is 10.0 Å². The molecule has 0 saturated heterocycles. The molecule has 1 amide bonds. The van der Waals surface area contributed by atoms with Crippen LogP contribution in [-0.2, 0) is 26.1 Å². The number of halogens is 1. The molecule has 0 aliphatic heterocycles. The van der Waals surface area contributed by atoms with E-state index < -0.39 is 15.9 Å². The van der Waals surface area contributed by atoms with E-state index >= 15 is 0 Å². The van der Waals surface area contributed by atoms with Crippen LogP contribution in [0.4, 0.5) is 0 Å². The summed E-state index contributed by atoms with van der Waals surface area (Å²) in [5.41, 5.74) is 0.689. The first-order chi connectivity index (χ1) is 14.8. The highest BCUT2D eigenvalue weighted by Gasteiger charge is 2.16. The Bertz CT molecular complexity index is 977. The summed E-state index contributed by atoms with van der Waals surface area (Å²) in [4.78, 5) is 12.2. The summed E-state index contributed by atoms with van der Waals surface area (Å²) in [5, 5.41) is 2.78. The molecule has 2 aromatic rings. The predicted molar refractivity (Wildman–Crippen MR) is 115 cm³/mol. The van der Waals surface area contributed by atoms with Gasteiger partial charge in [-0.05, 0) is 30.3 Å². The minimum absolute atomic E-state index is 0.0197. The van der Waals surface area contributed by atoms with Crippen LogP contribution in [0.1, 0.15) is 5.56 Å². The molecule has 0 fully saturated rings. The predicted octanol–water partition coefficient (Wildman–Crippen LogP) is 1.98. The number of benzene rings is 2. The van der Waals surface area contributed by atoms with Gasteiger partial charge in [0.2, 0.25) is 10.0 Å². The van der Waals surface area contributed by atoms with Gasteiger partial charge in [-0.3, -0.25) is 4.79 Å².